The molecule has 1 atom stereocenters. The molecule has 0 saturated carbocycles. The maximum Gasteiger partial charge on any atom is 0.317 e. The van der Waals surface area contributed by atoms with Crippen LogP contribution in [-0.2, 0) is 6.54 Å². The molecule has 3 rings (SSSR count). The molecule has 0 aromatic heterocycles. The number of nitrogens with one attached hydrogen (secondary N) is 1. The number of aliphatic hydroxyl groups is 1. The number of β-amino-alcohol motifs (C(OH)–C–C–N with tert-alkyl or cyclic N) is 1. The van der Waals surface area contributed by atoms with Gasteiger partial charge in [0.25, 0.3) is 0 Å². The Balaban J connectivity index is 1.80. The quantitative estimate of drug-likeness (QED) is 0.896. The van der Waals surface area contributed by atoms with Crippen LogP contribution in [0.2, 0.25) is 0 Å². The van der Waals surface area contributed by atoms with Gasteiger partial charge in [0.15, 0.2) is 0 Å². The second kappa shape index (κ2) is 6.92. The van der Waals surface area contributed by atoms with E-state index in [1.54, 1.807) is 11.8 Å². The lowest BCUT2D eigenvalue weighted by Gasteiger charge is -2.21. The Morgan fingerprint density at radius 2 is 2.08 bits per heavy atom. The van der Waals surface area contributed by atoms with E-state index in [1.807, 2.05) is 44.2 Å². The first-order chi connectivity index (χ1) is 11.9. The first-order valence-corrected chi connectivity index (χ1v) is 8.78. The van der Waals surface area contributed by atoms with Crippen molar-refractivity contribution in [3.05, 3.63) is 42.0 Å². The number of hydrogen-bond acceptors (Lipinski definition) is 3. The second-order valence-electron chi connectivity index (χ2n) is 7.26. The number of ether oxygens (including phenoxy) is 1. The van der Waals surface area contributed by atoms with Crippen molar-refractivity contribution in [3.63, 3.8) is 0 Å². The normalized spacial score (nSPS) is 20.3. The zero-order chi connectivity index (χ0) is 18.0. The fourth-order valence-electron chi connectivity index (χ4n) is 3.26. The van der Waals surface area contributed by atoms with Crippen LogP contribution < -0.4 is 10.1 Å². The summed E-state index contributed by atoms with van der Waals surface area (Å²) in [5.41, 5.74) is 0.189. The van der Waals surface area contributed by atoms with E-state index in [0.29, 0.717) is 26.1 Å². The third kappa shape index (κ3) is 4.04. The number of amides is 2. The third-order valence-electron chi connectivity index (χ3n) is 4.52. The molecular weight excluding hydrogens is 316 g/mol. The molecule has 1 aliphatic rings. The number of fused-ring (bicyclic) bond motifs is 1. The predicted molar refractivity (Wildman–Crippen MR) is 98.8 cm³/mol. The van der Waals surface area contributed by atoms with Crippen molar-refractivity contribution in [2.75, 3.05) is 13.1 Å². The minimum atomic E-state index is -0.789. The molecule has 0 radical (unpaired) electrons. The van der Waals surface area contributed by atoms with E-state index in [4.69, 9.17) is 4.74 Å². The molecule has 5 heteroatoms. The summed E-state index contributed by atoms with van der Waals surface area (Å²) in [4.78, 5) is 14.1. The summed E-state index contributed by atoms with van der Waals surface area (Å²) in [6, 6.07) is 11.9. The molecule has 0 unspecified atom stereocenters. The highest BCUT2D eigenvalue weighted by Crippen LogP contribution is 2.29. The summed E-state index contributed by atoms with van der Waals surface area (Å²) < 4.78 is 5.94. The van der Waals surface area contributed by atoms with Crippen molar-refractivity contribution in [2.45, 2.75) is 45.4 Å². The van der Waals surface area contributed by atoms with Crippen molar-refractivity contribution in [2.24, 2.45) is 0 Å². The Morgan fingerprint density at radius 1 is 1.32 bits per heavy atom. The topological polar surface area (TPSA) is 61.8 Å². The fourth-order valence-corrected chi connectivity index (χ4v) is 3.26. The van der Waals surface area contributed by atoms with Crippen LogP contribution in [-0.4, -0.2) is 40.8 Å². The monoisotopic (exact) mass is 342 g/mol. The van der Waals surface area contributed by atoms with E-state index in [2.05, 4.69) is 11.4 Å². The number of carbonyl (C=O) groups excluding carboxylic acids is 1. The average Bonchev–Trinajstić information content (AvgIpc) is 2.93. The highest BCUT2D eigenvalue weighted by atomic mass is 16.5. The van der Waals surface area contributed by atoms with Crippen LogP contribution in [0.3, 0.4) is 0 Å². The Labute approximate surface area is 148 Å². The van der Waals surface area contributed by atoms with Gasteiger partial charge in [0.2, 0.25) is 0 Å². The third-order valence-corrected chi connectivity index (χ3v) is 4.52. The SMILES string of the molecule is CC(C)Oc1ccc2ccccc2c1CNC(=O)N1CC[C@@](C)(O)C1. The highest BCUT2D eigenvalue weighted by molar-refractivity contribution is 5.88. The maximum atomic E-state index is 12.4. The largest absolute Gasteiger partial charge is 0.491 e. The number of benzene rings is 2. The number of hydrogen-bond donors (Lipinski definition) is 2. The first-order valence-electron chi connectivity index (χ1n) is 8.78. The average molecular weight is 342 g/mol. The van der Waals surface area contributed by atoms with E-state index in [9.17, 15) is 9.90 Å². The van der Waals surface area contributed by atoms with Crippen LogP contribution in [0.4, 0.5) is 4.79 Å². The molecule has 25 heavy (non-hydrogen) atoms. The number of urea groups is 1. The molecule has 0 bridgehead atoms. The molecule has 0 spiro atoms. The maximum absolute atomic E-state index is 12.4. The summed E-state index contributed by atoms with van der Waals surface area (Å²) in [5, 5.41) is 15.2. The molecule has 5 nitrogen and oxygen atoms in total. The number of rotatable bonds is 4. The number of nitrogens with zero attached hydrogens (tertiary/aromatic N) is 1. The molecule has 2 amide bonds. The van der Waals surface area contributed by atoms with Crippen LogP contribution in [0, 0.1) is 0 Å². The Morgan fingerprint density at radius 3 is 2.76 bits per heavy atom. The molecule has 1 heterocycles. The minimum absolute atomic E-state index is 0.0595. The van der Waals surface area contributed by atoms with Gasteiger partial charge in [0.05, 0.1) is 18.2 Å². The summed E-state index contributed by atoms with van der Waals surface area (Å²) in [7, 11) is 0. The zero-order valence-corrected chi connectivity index (χ0v) is 15.1. The lowest BCUT2D eigenvalue weighted by Crippen LogP contribution is -2.40. The molecule has 2 aromatic carbocycles. The lowest BCUT2D eigenvalue weighted by atomic mass is 10.0. The molecule has 1 aliphatic heterocycles. The van der Waals surface area contributed by atoms with Gasteiger partial charge in [-0.25, -0.2) is 4.79 Å². The Bertz CT molecular complexity index is 771. The van der Waals surface area contributed by atoms with Crippen molar-refractivity contribution in [1.29, 1.82) is 0 Å². The Hall–Kier alpha value is -2.27. The minimum Gasteiger partial charge on any atom is -0.491 e. The smallest absolute Gasteiger partial charge is 0.317 e. The fraction of sp³-hybridized carbons (Fsp3) is 0.450. The van der Waals surface area contributed by atoms with E-state index in [-0.39, 0.29) is 12.1 Å². The van der Waals surface area contributed by atoms with Crippen LogP contribution in [0.1, 0.15) is 32.8 Å². The van der Waals surface area contributed by atoms with Gasteiger partial charge in [0, 0.05) is 18.7 Å². The zero-order valence-electron chi connectivity index (χ0n) is 15.1. The standard InChI is InChI=1S/C20H26N2O3/c1-14(2)25-18-9-8-15-6-4-5-7-16(15)17(18)12-21-19(23)22-11-10-20(3,24)13-22/h4-9,14,24H,10-13H2,1-3H3,(H,21,23)/t20-/m1/s1. The van der Waals surface area contributed by atoms with Gasteiger partial charge in [-0.1, -0.05) is 30.3 Å². The van der Waals surface area contributed by atoms with Gasteiger partial charge in [-0.3, -0.25) is 0 Å². The van der Waals surface area contributed by atoms with Crippen LogP contribution in [0.25, 0.3) is 10.8 Å². The molecule has 1 fully saturated rings. The van der Waals surface area contributed by atoms with Crippen LogP contribution in [0.5, 0.6) is 5.75 Å². The summed E-state index contributed by atoms with van der Waals surface area (Å²) in [6.07, 6.45) is 0.667. The molecule has 2 aromatic rings. The van der Waals surface area contributed by atoms with Gasteiger partial charge in [0.1, 0.15) is 5.75 Å². The van der Waals surface area contributed by atoms with Crippen molar-refractivity contribution < 1.29 is 14.6 Å². The number of likely N-dealkylation sites (tertiary alicyclic amines) is 1. The van der Waals surface area contributed by atoms with E-state index in [0.717, 1.165) is 22.1 Å². The molecular formula is C20H26N2O3. The number of carbonyl (C=O) groups is 1. The van der Waals surface area contributed by atoms with Gasteiger partial charge >= 0.3 is 6.03 Å². The second-order valence-corrected chi connectivity index (χ2v) is 7.26. The van der Waals surface area contributed by atoms with Crippen LogP contribution in [0.15, 0.2) is 36.4 Å². The van der Waals surface area contributed by atoms with E-state index >= 15 is 0 Å². The summed E-state index contributed by atoms with van der Waals surface area (Å²) in [5.74, 6) is 0.794. The van der Waals surface area contributed by atoms with Gasteiger partial charge in [-0.15, -0.1) is 0 Å². The van der Waals surface area contributed by atoms with E-state index in [1.165, 1.54) is 0 Å². The van der Waals surface area contributed by atoms with Crippen molar-refractivity contribution >= 4 is 16.8 Å². The van der Waals surface area contributed by atoms with E-state index < -0.39 is 5.60 Å². The van der Waals surface area contributed by atoms with Gasteiger partial charge in [-0.05, 0) is 44.0 Å². The first kappa shape index (κ1) is 17.5. The van der Waals surface area contributed by atoms with Gasteiger partial charge in [-0.2, -0.15) is 0 Å². The van der Waals surface area contributed by atoms with Crippen molar-refractivity contribution in [1.82, 2.24) is 10.2 Å². The van der Waals surface area contributed by atoms with Gasteiger partial charge < -0.3 is 20.1 Å². The molecule has 2 N–H and O–H groups in total. The van der Waals surface area contributed by atoms with Crippen LogP contribution >= 0.6 is 0 Å². The summed E-state index contributed by atoms with van der Waals surface area (Å²) >= 11 is 0. The summed E-state index contributed by atoms with van der Waals surface area (Å²) in [6.45, 7) is 7.07. The van der Waals surface area contributed by atoms with Crippen molar-refractivity contribution in [3.8, 4) is 5.75 Å². The Kier molecular flexibility index (Phi) is 4.86. The molecule has 134 valence electrons. The predicted octanol–water partition coefficient (Wildman–Crippen LogP) is 3.29. The highest BCUT2D eigenvalue weighted by Gasteiger charge is 2.33. The lowest BCUT2D eigenvalue weighted by molar-refractivity contribution is 0.0719. The molecule has 1 saturated heterocycles. The molecule has 0 aliphatic carbocycles.